The first-order chi connectivity index (χ1) is 6.70. The summed E-state index contributed by atoms with van der Waals surface area (Å²) in [5.41, 5.74) is 0. The van der Waals surface area contributed by atoms with Crippen LogP contribution < -0.4 is 5.32 Å². The van der Waals surface area contributed by atoms with E-state index in [0.717, 1.165) is 26.1 Å². The molecule has 1 aliphatic rings. The monoisotopic (exact) mass is 272 g/mol. The predicted molar refractivity (Wildman–Crippen MR) is 69.6 cm³/mol. The van der Waals surface area contributed by atoms with Gasteiger partial charge in [0.15, 0.2) is 0 Å². The molecule has 0 aromatic rings. The van der Waals surface area contributed by atoms with Crippen molar-refractivity contribution in [1.29, 1.82) is 0 Å². The predicted octanol–water partition coefficient (Wildman–Crippen LogP) is 1.08. The number of nitrogens with one attached hydrogen (secondary N) is 1. The van der Waals surface area contributed by atoms with Gasteiger partial charge in [0.1, 0.15) is 6.04 Å². The molecule has 0 aromatic carbocycles. The lowest BCUT2D eigenvalue weighted by molar-refractivity contribution is -0.148. The van der Waals surface area contributed by atoms with Crippen molar-refractivity contribution in [3.63, 3.8) is 0 Å². The Labute approximate surface area is 110 Å². The number of ether oxygens (including phenoxy) is 1. The van der Waals surface area contributed by atoms with Gasteiger partial charge in [0.25, 0.3) is 0 Å². The topological polar surface area (TPSA) is 41.6 Å². The van der Waals surface area contributed by atoms with Gasteiger partial charge in [-0.15, -0.1) is 24.8 Å². The molecule has 1 unspecified atom stereocenters. The molecule has 0 aliphatic carbocycles. The molecule has 0 amide bonds. The number of halogens is 2. The highest BCUT2D eigenvalue weighted by Gasteiger charge is 2.30. The fourth-order valence-electron chi connectivity index (χ4n) is 1.99. The number of hydrogen-bond acceptors (Lipinski definition) is 4. The molecule has 0 radical (unpaired) electrons. The summed E-state index contributed by atoms with van der Waals surface area (Å²) in [5, 5.41) is 3.31. The van der Waals surface area contributed by atoms with Crippen molar-refractivity contribution in [3.8, 4) is 0 Å². The summed E-state index contributed by atoms with van der Waals surface area (Å²) in [7, 11) is 1.46. The number of esters is 1. The zero-order valence-corrected chi connectivity index (χ0v) is 11.7. The second-order valence-corrected chi connectivity index (χ2v) is 3.74. The number of methoxy groups -OCH3 is 1. The Kier molecular flexibility index (Phi) is 10.4. The summed E-state index contributed by atoms with van der Waals surface area (Å²) < 4.78 is 4.80. The molecular formula is C10H22Cl2N2O2. The molecule has 1 aliphatic heterocycles. The molecule has 1 N–H and O–H groups in total. The normalized spacial score (nSPS) is 22.6. The quantitative estimate of drug-likeness (QED) is 0.781. The molecule has 0 aromatic heterocycles. The first-order valence-electron chi connectivity index (χ1n) is 5.25. The molecule has 6 heteroatoms. The van der Waals surface area contributed by atoms with Crippen LogP contribution in [0.4, 0.5) is 0 Å². The standard InChI is InChI=1S/C10H20N2O2.2ClH/c1-4-9(10(13)14-3)12-6-5-11-7-8(12)2;;/h8-9,11H,4-7H2,1-3H3;2*1H/t8-,9?;;/m1../s1. The third kappa shape index (κ3) is 4.45. The minimum absolute atomic E-state index is 0. The van der Waals surface area contributed by atoms with Crippen LogP contribution in [0.5, 0.6) is 0 Å². The fraction of sp³-hybridized carbons (Fsp3) is 0.900. The lowest BCUT2D eigenvalue weighted by atomic mass is 10.1. The summed E-state index contributed by atoms with van der Waals surface area (Å²) in [4.78, 5) is 13.7. The lowest BCUT2D eigenvalue weighted by Crippen LogP contribution is -2.56. The molecule has 1 fully saturated rings. The Hall–Kier alpha value is -0.0300. The van der Waals surface area contributed by atoms with Gasteiger partial charge in [-0.3, -0.25) is 9.69 Å². The molecule has 1 saturated heterocycles. The minimum atomic E-state index is -0.110. The molecule has 16 heavy (non-hydrogen) atoms. The van der Waals surface area contributed by atoms with Crippen LogP contribution >= 0.6 is 24.8 Å². The molecular weight excluding hydrogens is 251 g/mol. The maximum atomic E-state index is 11.5. The molecule has 0 saturated carbocycles. The third-order valence-electron chi connectivity index (χ3n) is 2.81. The highest BCUT2D eigenvalue weighted by Crippen LogP contribution is 2.12. The Morgan fingerprint density at radius 3 is 2.62 bits per heavy atom. The van der Waals surface area contributed by atoms with Gasteiger partial charge in [0, 0.05) is 25.7 Å². The van der Waals surface area contributed by atoms with E-state index >= 15 is 0 Å². The summed E-state index contributed by atoms with van der Waals surface area (Å²) in [6, 6.07) is 0.338. The van der Waals surface area contributed by atoms with Gasteiger partial charge in [0.05, 0.1) is 7.11 Å². The zero-order chi connectivity index (χ0) is 10.6. The highest BCUT2D eigenvalue weighted by atomic mass is 35.5. The third-order valence-corrected chi connectivity index (χ3v) is 2.81. The Morgan fingerprint density at radius 2 is 2.19 bits per heavy atom. The maximum absolute atomic E-state index is 11.5. The van der Waals surface area contributed by atoms with E-state index in [1.54, 1.807) is 0 Å². The first-order valence-corrected chi connectivity index (χ1v) is 5.25. The SMILES string of the molecule is CCC(C(=O)OC)N1CCNC[C@H]1C.Cl.Cl. The lowest BCUT2D eigenvalue weighted by Gasteiger charge is -2.38. The summed E-state index contributed by atoms with van der Waals surface area (Å²) >= 11 is 0. The van der Waals surface area contributed by atoms with Crippen LogP contribution in [-0.4, -0.2) is 49.7 Å². The van der Waals surface area contributed by atoms with Gasteiger partial charge in [-0.05, 0) is 13.3 Å². The summed E-state index contributed by atoms with van der Waals surface area (Å²) in [5.74, 6) is -0.110. The van der Waals surface area contributed by atoms with Gasteiger partial charge in [0.2, 0.25) is 0 Å². The number of carbonyl (C=O) groups is 1. The number of piperazine rings is 1. The van der Waals surface area contributed by atoms with Crippen molar-refractivity contribution in [2.45, 2.75) is 32.4 Å². The molecule has 0 bridgehead atoms. The van der Waals surface area contributed by atoms with E-state index in [1.807, 2.05) is 6.92 Å². The van der Waals surface area contributed by atoms with Crippen LogP contribution in [0.15, 0.2) is 0 Å². The van der Waals surface area contributed by atoms with Gasteiger partial charge >= 0.3 is 5.97 Å². The second-order valence-electron chi connectivity index (χ2n) is 3.74. The van der Waals surface area contributed by atoms with Crippen molar-refractivity contribution >= 4 is 30.8 Å². The molecule has 1 rings (SSSR count). The van der Waals surface area contributed by atoms with Gasteiger partial charge in [-0.25, -0.2) is 0 Å². The van der Waals surface area contributed by atoms with Crippen LogP contribution in [0.2, 0.25) is 0 Å². The van der Waals surface area contributed by atoms with Crippen LogP contribution in [0.1, 0.15) is 20.3 Å². The van der Waals surface area contributed by atoms with E-state index in [-0.39, 0.29) is 36.8 Å². The van der Waals surface area contributed by atoms with E-state index in [0.29, 0.717) is 6.04 Å². The Bertz CT molecular complexity index is 205. The largest absolute Gasteiger partial charge is 0.468 e. The molecule has 0 spiro atoms. The van der Waals surface area contributed by atoms with Crippen LogP contribution in [0.25, 0.3) is 0 Å². The van der Waals surface area contributed by atoms with Crippen molar-refractivity contribution in [3.05, 3.63) is 0 Å². The van der Waals surface area contributed by atoms with Gasteiger partial charge in [-0.2, -0.15) is 0 Å². The number of nitrogens with zero attached hydrogens (tertiary/aromatic N) is 1. The second kappa shape index (κ2) is 9.05. The van der Waals surface area contributed by atoms with Crippen molar-refractivity contribution < 1.29 is 9.53 Å². The van der Waals surface area contributed by atoms with Crippen molar-refractivity contribution in [1.82, 2.24) is 10.2 Å². The van der Waals surface area contributed by atoms with E-state index in [4.69, 9.17) is 4.74 Å². The average Bonchev–Trinajstić information content (AvgIpc) is 2.21. The minimum Gasteiger partial charge on any atom is -0.468 e. The van der Waals surface area contributed by atoms with E-state index in [9.17, 15) is 4.79 Å². The van der Waals surface area contributed by atoms with Crippen LogP contribution in [0.3, 0.4) is 0 Å². The van der Waals surface area contributed by atoms with Crippen LogP contribution in [-0.2, 0) is 9.53 Å². The Morgan fingerprint density at radius 1 is 1.56 bits per heavy atom. The molecule has 4 nitrogen and oxygen atoms in total. The fourth-order valence-corrected chi connectivity index (χ4v) is 1.99. The van der Waals surface area contributed by atoms with E-state index < -0.39 is 0 Å². The van der Waals surface area contributed by atoms with E-state index in [1.165, 1.54) is 7.11 Å². The number of hydrogen-bond donors (Lipinski definition) is 1. The Balaban J connectivity index is 0. The van der Waals surface area contributed by atoms with Crippen LogP contribution in [0, 0.1) is 0 Å². The molecule has 1 heterocycles. The summed E-state index contributed by atoms with van der Waals surface area (Å²) in [6.07, 6.45) is 0.816. The number of carbonyl (C=O) groups excluding carboxylic acids is 1. The summed E-state index contributed by atoms with van der Waals surface area (Å²) in [6.45, 7) is 6.99. The number of rotatable bonds is 3. The molecule has 2 atom stereocenters. The van der Waals surface area contributed by atoms with Crippen molar-refractivity contribution in [2.24, 2.45) is 0 Å². The zero-order valence-electron chi connectivity index (χ0n) is 10.1. The maximum Gasteiger partial charge on any atom is 0.323 e. The smallest absolute Gasteiger partial charge is 0.323 e. The highest BCUT2D eigenvalue weighted by molar-refractivity contribution is 5.85. The van der Waals surface area contributed by atoms with Crippen molar-refractivity contribution in [2.75, 3.05) is 26.7 Å². The average molecular weight is 273 g/mol. The first kappa shape index (κ1) is 18.3. The van der Waals surface area contributed by atoms with Gasteiger partial charge < -0.3 is 10.1 Å². The van der Waals surface area contributed by atoms with Gasteiger partial charge in [-0.1, -0.05) is 6.92 Å². The van der Waals surface area contributed by atoms with E-state index in [2.05, 4.69) is 17.1 Å². The molecule has 98 valence electrons.